The number of nitrogens with zero attached hydrogens (tertiary/aromatic N) is 3. The molecule has 0 radical (unpaired) electrons. The molecule has 0 aliphatic carbocycles. The summed E-state index contributed by atoms with van der Waals surface area (Å²) in [6.07, 6.45) is 2.55. The second-order valence-corrected chi connectivity index (χ2v) is 6.15. The van der Waals surface area contributed by atoms with Crippen LogP contribution in [0.3, 0.4) is 0 Å². The zero-order chi connectivity index (χ0) is 16.1. The number of benzene rings is 1. The average Bonchev–Trinajstić information content (AvgIpc) is 2.93. The van der Waals surface area contributed by atoms with E-state index in [2.05, 4.69) is 0 Å². The van der Waals surface area contributed by atoms with Crippen molar-refractivity contribution in [2.24, 2.45) is 5.92 Å². The Morgan fingerprint density at radius 3 is 2.73 bits per heavy atom. The molecule has 1 atom stereocenters. The van der Waals surface area contributed by atoms with E-state index in [1.54, 1.807) is 28.6 Å². The van der Waals surface area contributed by atoms with Crippen molar-refractivity contribution in [3.8, 4) is 6.07 Å². The fourth-order valence-electron chi connectivity index (χ4n) is 2.52. The van der Waals surface area contributed by atoms with Gasteiger partial charge in [0, 0.05) is 37.1 Å². The van der Waals surface area contributed by atoms with E-state index in [1.165, 1.54) is 0 Å². The quantitative estimate of drug-likeness (QED) is 0.781. The Bertz CT molecular complexity index is 594. The van der Waals surface area contributed by atoms with Crippen LogP contribution in [-0.2, 0) is 9.59 Å². The van der Waals surface area contributed by atoms with Crippen LogP contribution in [0.4, 0.5) is 5.69 Å². The highest BCUT2D eigenvalue weighted by atomic mass is 32.2. The number of thioether (sulfide) groups is 1. The molecule has 0 bridgehead atoms. The molecule has 1 fully saturated rings. The largest absolute Gasteiger partial charge is 0.344 e. The number of rotatable bonds is 5. The van der Waals surface area contributed by atoms with Crippen molar-refractivity contribution in [2.75, 3.05) is 31.3 Å². The first-order valence-electron chi connectivity index (χ1n) is 7.13. The molecule has 1 heterocycles. The molecule has 0 spiro atoms. The van der Waals surface area contributed by atoms with Crippen LogP contribution >= 0.6 is 11.8 Å². The lowest BCUT2D eigenvalue weighted by Gasteiger charge is -2.20. The molecule has 0 aromatic heterocycles. The molecular weight excluding hydrogens is 298 g/mol. The van der Waals surface area contributed by atoms with E-state index < -0.39 is 0 Å². The molecule has 6 heteroatoms. The third-order valence-corrected chi connectivity index (χ3v) is 4.54. The van der Waals surface area contributed by atoms with Crippen LogP contribution in [0.25, 0.3) is 0 Å². The Labute approximate surface area is 134 Å². The van der Waals surface area contributed by atoms with E-state index in [0.717, 1.165) is 10.6 Å². The molecule has 1 unspecified atom stereocenters. The first-order chi connectivity index (χ1) is 10.6. The zero-order valence-electron chi connectivity index (χ0n) is 12.8. The van der Waals surface area contributed by atoms with Gasteiger partial charge in [0.15, 0.2) is 0 Å². The number of carbonyl (C=O) groups is 2. The lowest BCUT2D eigenvalue weighted by Crippen LogP contribution is -2.35. The fraction of sp³-hybridized carbons (Fsp3) is 0.438. The maximum Gasteiger partial charge on any atom is 0.227 e. The summed E-state index contributed by atoms with van der Waals surface area (Å²) in [6.45, 7) is 0.815. The minimum Gasteiger partial charge on any atom is -0.344 e. The summed E-state index contributed by atoms with van der Waals surface area (Å²) in [5, 5.41) is 8.59. The van der Waals surface area contributed by atoms with Crippen LogP contribution < -0.4 is 4.90 Å². The molecule has 1 aromatic rings. The molecule has 1 aliphatic rings. The fourth-order valence-corrected chi connectivity index (χ4v) is 2.93. The van der Waals surface area contributed by atoms with Crippen molar-refractivity contribution >= 4 is 29.3 Å². The standard InChI is InChI=1S/C16H19N3O2S/c1-18(9-3-8-17)16(21)12-10-15(20)19(11-12)13-4-6-14(22-2)7-5-13/h4-7,12H,3,9-11H2,1-2H3. The third kappa shape index (κ3) is 3.60. The maximum absolute atomic E-state index is 12.3. The summed E-state index contributed by atoms with van der Waals surface area (Å²) in [5.41, 5.74) is 0.831. The lowest BCUT2D eigenvalue weighted by molar-refractivity contribution is -0.134. The molecule has 0 N–H and O–H groups in total. The maximum atomic E-state index is 12.3. The van der Waals surface area contributed by atoms with Crippen molar-refractivity contribution < 1.29 is 9.59 Å². The van der Waals surface area contributed by atoms with Crippen molar-refractivity contribution in [3.63, 3.8) is 0 Å². The van der Waals surface area contributed by atoms with Gasteiger partial charge >= 0.3 is 0 Å². The molecule has 2 rings (SSSR count). The highest BCUT2D eigenvalue weighted by Crippen LogP contribution is 2.27. The van der Waals surface area contributed by atoms with Crippen molar-refractivity contribution in [1.29, 1.82) is 5.26 Å². The second kappa shape index (κ2) is 7.32. The highest BCUT2D eigenvalue weighted by Gasteiger charge is 2.36. The van der Waals surface area contributed by atoms with Crippen LogP contribution in [0.2, 0.25) is 0 Å². The number of hydrogen-bond acceptors (Lipinski definition) is 4. The summed E-state index contributed by atoms with van der Waals surface area (Å²) in [5.74, 6) is -0.410. The predicted octanol–water partition coefficient (Wildman–Crippen LogP) is 2.13. The highest BCUT2D eigenvalue weighted by molar-refractivity contribution is 7.98. The van der Waals surface area contributed by atoms with Gasteiger partial charge in [-0.05, 0) is 30.5 Å². The lowest BCUT2D eigenvalue weighted by atomic mass is 10.1. The van der Waals surface area contributed by atoms with Crippen molar-refractivity contribution in [3.05, 3.63) is 24.3 Å². The van der Waals surface area contributed by atoms with E-state index in [-0.39, 0.29) is 24.2 Å². The molecule has 22 heavy (non-hydrogen) atoms. The molecule has 1 aromatic carbocycles. The Hall–Kier alpha value is -2.00. The van der Waals surface area contributed by atoms with Gasteiger partial charge in [0.05, 0.1) is 18.4 Å². The van der Waals surface area contributed by atoms with Gasteiger partial charge in [-0.25, -0.2) is 0 Å². The summed E-state index contributed by atoms with van der Waals surface area (Å²) >= 11 is 1.65. The first kappa shape index (κ1) is 16.4. The Kier molecular flexibility index (Phi) is 5.45. The number of anilines is 1. The van der Waals surface area contributed by atoms with Crippen LogP contribution in [0.15, 0.2) is 29.2 Å². The van der Waals surface area contributed by atoms with E-state index >= 15 is 0 Å². The summed E-state index contributed by atoms with van der Waals surface area (Å²) in [6, 6.07) is 9.80. The third-order valence-electron chi connectivity index (χ3n) is 3.79. The van der Waals surface area contributed by atoms with E-state index in [0.29, 0.717) is 19.5 Å². The van der Waals surface area contributed by atoms with Crippen LogP contribution in [-0.4, -0.2) is 43.1 Å². The molecule has 1 aliphatic heterocycles. The van der Waals surface area contributed by atoms with E-state index in [4.69, 9.17) is 5.26 Å². The van der Waals surface area contributed by atoms with Gasteiger partial charge in [-0.15, -0.1) is 11.8 Å². The predicted molar refractivity (Wildman–Crippen MR) is 86.6 cm³/mol. The smallest absolute Gasteiger partial charge is 0.227 e. The van der Waals surface area contributed by atoms with Gasteiger partial charge in [-0.1, -0.05) is 0 Å². The molecular formula is C16H19N3O2S. The monoisotopic (exact) mass is 317 g/mol. The Morgan fingerprint density at radius 2 is 2.14 bits per heavy atom. The Balaban J connectivity index is 2.03. The number of amides is 2. The minimum absolute atomic E-state index is 0.0241. The summed E-state index contributed by atoms with van der Waals surface area (Å²) < 4.78 is 0. The van der Waals surface area contributed by atoms with Crippen LogP contribution in [0.1, 0.15) is 12.8 Å². The molecule has 5 nitrogen and oxygen atoms in total. The van der Waals surface area contributed by atoms with Gasteiger partial charge < -0.3 is 9.80 Å². The molecule has 116 valence electrons. The minimum atomic E-state index is -0.323. The normalized spacial score (nSPS) is 17.4. The van der Waals surface area contributed by atoms with Gasteiger partial charge in [0.2, 0.25) is 11.8 Å². The second-order valence-electron chi connectivity index (χ2n) is 5.27. The molecule has 0 saturated carbocycles. The van der Waals surface area contributed by atoms with Crippen molar-refractivity contribution in [1.82, 2.24) is 4.90 Å². The molecule has 2 amide bonds. The van der Waals surface area contributed by atoms with E-state index in [9.17, 15) is 9.59 Å². The number of hydrogen-bond donors (Lipinski definition) is 0. The molecule has 1 saturated heterocycles. The summed E-state index contributed by atoms with van der Waals surface area (Å²) in [4.78, 5) is 28.8. The average molecular weight is 317 g/mol. The zero-order valence-corrected chi connectivity index (χ0v) is 13.6. The Morgan fingerprint density at radius 1 is 1.45 bits per heavy atom. The summed E-state index contributed by atoms with van der Waals surface area (Å²) in [7, 11) is 1.68. The van der Waals surface area contributed by atoms with Gasteiger partial charge in [0.1, 0.15) is 0 Å². The van der Waals surface area contributed by atoms with E-state index in [1.807, 2.05) is 36.6 Å². The SMILES string of the molecule is CSc1ccc(N2CC(C(=O)N(C)CCC#N)CC2=O)cc1. The van der Waals surface area contributed by atoms with Crippen LogP contribution in [0.5, 0.6) is 0 Å². The van der Waals surface area contributed by atoms with Gasteiger partial charge in [-0.2, -0.15) is 5.26 Å². The van der Waals surface area contributed by atoms with Crippen molar-refractivity contribution in [2.45, 2.75) is 17.7 Å². The number of carbonyl (C=O) groups excluding carboxylic acids is 2. The van der Waals surface area contributed by atoms with Gasteiger partial charge in [0.25, 0.3) is 0 Å². The number of nitriles is 1. The van der Waals surface area contributed by atoms with Crippen LogP contribution in [0, 0.1) is 17.2 Å². The first-order valence-corrected chi connectivity index (χ1v) is 8.35. The van der Waals surface area contributed by atoms with Gasteiger partial charge in [-0.3, -0.25) is 9.59 Å². The topological polar surface area (TPSA) is 64.4 Å².